The third-order valence-corrected chi connectivity index (χ3v) is 3.76. The van der Waals surface area contributed by atoms with Gasteiger partial charge in [-0.25, -0.2) is 0 Å². The summed E-state index contributed by atoms with van der Waals surface area (Å²) >= 11 is 1.60. The van der Waals surface area contributed by atoms with Crippen molar-refractivity contribution in [1.29, 1.82) is 0 Å². The third kappa shape index (κ3) is 2.61. The molecule has 1 aromatic carbocycles. The molecule has 0 atom stereocenters. The van der Waals surface area contributed by atoms with Gasteiger partial charge in [-0.1, -0.05) is 17.3 Å². The van der Waals surface area contributed by atoms with Crippen LogP contribution in [0.4, 0.5) is 0 Å². The summed E-state index contributed by atoms with van der Waals surface area (Å²) in [6.07, 6.45) is 3.18. The van der Waals surface area contributed by atoms with Crippen LogP contribution in [0, 0.1) is 0 Å². The summed E-state index contributed by atoms with van der Waals surface area (Å²) in [5.41, 5.74) is 0.687. The second-order valence-electron chi connectivity index (χ2n) is 4.30. The number of nitrogens with zero attached hydrogens (tertiary/aromatic N) is 2. The van der Waals surface area contributed by atoms with Crippen LogP contribution in [0.1, 0.15) is 40.8 Å². The fraction of sp³-hybridized carbons (Fsp3) is 0.308. The average Bonchev–Trinajstić information content (AvgIpc) is 3.16. The number of thioether (sulfide) groups is 1. The topological polar surface area (TPSA) is 56.0 Å². The van der Waals surface area contributed by atoms with E-state index in [1.165, 1.54) is 0 Å². The molecule has 18 heavy (non-hydrogen) atoms. The predicted molar refractivity (Wildman–Crippen MR) is 67.7 cm³/mol. The van der Waals surface area contributed by atoms with Gasteiger partial charge in [-0.3, -0.25) is 4.79 Å². The average molecular weight is 260 g/mol. The molecule has 4 nitrogen and oxygen atoms in total. The molecule has 92 valence electrons. The van der Waals surface area contributed by atoms with Gasteiger partial charge in [0.2, 0.25) is 5.89 Å². The number of hydrogen-bond acceptors (Lipinski definition) is 5. The fourth-order valence-corrected chi connectivity index (χ4v) is 2.45. The van der Waals surface area contributed by atoms with Crippen molar-refractivity contribution < 1.29 is 9.32 Å². The number of aromatic nitrogens is 2. The molecule has 1 saturated carbocycles. The molecular formula is C13H12N2O2S. The maximum atomic E-state index is 10.7. The van der Waals surface area contributed by atoms with E-state index in [9.17, 15) is 4.79 Å². The summed E-state index contributed by atoms with van der Waals surface area (Å²) in [4.78, 5) is 16.1. The summed E-state index contributed by atoms with van der Waals surface area (Å²) in [6, 6.07) is 7.49. The molecule has 0 bridgehead atoms. The highest BCUT2D eigenvalue weighted by Crippen LogP contribution is 2.39. The molecule has 1 aliphatic rings. The van der Waals surface area contributed by atoms with Crippen LogP contribution in [0.3, 0.4) is 0 Å². The second kappa shape index (κ2) is 4.94. The lowest BCUT2D eigenvalue weighted by atomic mass is 10.2. The van der Waals surface area contributed by atoms with E-state index in [2.05, 4.69) is 10.1 Å². The zero-order valence-corrected chi connectivity index (χ0v) is 10.5. The Hall–Kier alpha value is -1.62. The van der Waals surface area contributed by atoms with Gasteiger partial charge in [0.05, 0.1) is 5.75 Å². The van der Waals surface area contributed by atoms with E-state index in [4.69, 9.17) is 4.52 Å². The standard InChI is InChI=1S/C13H12N2O2S/c16-7-9-2-1-3-11(6-9)18-8-12-14-13(17-15-12)10-4-5-10/h1-3,6-7,10H,4-5,8H2. The van der Waals surface area contributed by atoms with E-state index in [1.54, 1.807) is 17.8 Å². The van der Waals surface area contributed by atoms with Gasteiger partial charge in [0.1, 0.15) is 6.29 Å². The normalized spacial score (nSPS) is 14.7. The highest BCUT2D eigenvalue weighted by Gasteiger charge is 2.29. The van der Waals surface area contributed by atoms with E-state index in [1.807, 2.05) is 18.2 Å². The van der Waals surface area contributed by atoms with Gasteiger partial charge in [-0.2, -0.15) is 4.98 Å². The van der Waals surface area contributed by atoms with E-state index in [0.29, 0.717) is 17.2 Å². The molecule has 0 amide bonds. The molecule has 1 heterocycles. The van der Waals surface area contributed by atoms with E-state index in [0.717, 1.165) is 35.7 Å². The van der Waals surface area contributed by atoms with Gasteiger partial charge in [0.25, 0.3) is 0 Å². The van der Waals surface area contributed by atoms with Crippen molar-refractivity contribution in [2.45, 2.75) is 29.4 Å². The number of aldehydes is 1. The van der Waals surface area contributed by atoms with Gasteiger partial charge in [-0.05, 0) is 25.0 Å². The smallest absolute Gasteiger partial charge is 0.229 e. The quantitative estimate of drug-likeness (QED) is 0.611. The molecule has 1 aliphatic carbocycles. The summed E-state index contributed by atoms with van der Waals surface area (Å²) in [5.74, 6) is 2.65. The first-order valence-corrected chi connectivity index (χ1v) is 6.84. The van der Waals surface area contributed by atoms with Gasteiger partial charge < -0.3 is 4.52 Å². The van der Waals surface area contributed by atoms with Crippen molar-refractivity contribution in [2.24, 2.45) is 0 Å². The minimum atomic E-state index is 0.495. The fourth-order valence-electron chi connectivity index (χ4n) is 1.65. The maximum Gasteiger partial charge on any atom is 0.229 e. The van der Waals surface area contributed by atoms with Crippen LogP contribution < -0.4 is 0 Å². The van der Waals surface area contributed by atoms with Crippen LogP contribution in [0.15, 0.2) is 33.7 Å². The molecular weight excluding hydrogens is 248 g/mol. The Morgan fingerprint density at radius 2 is 2.33 bits per heavy atom. The highest BCUT2D eigenvalue weighted by molar-refractivity contribution is 7.98. The summed E-state index contributed by atoms with van der Waals surface area (Å²) in [6.45, 7) is 0. The van der Waals surface area contributed by atoms with E-state index < -0.39 is 0 Å². The molecule has 0 aliphatic heterocycles. The molecule has 0 unspecified atom stereocenters. The molecule has 3 rings (SSSR count). The predicted octanol–water partition coefficient (Wildman–Crippen LogP) is 3.05. The van der Waals surface area contributed by atoms with Crippen LogP contribution >= 0.6 is 11.8 Å². The SMILES string of the molecule is O=Cc1cccc(SCc2noc(C3CC3)n2)c1. The highest BCUT2D eigenvalue weighted by atomic mass is 32.2. The molecule has 0 N–H and O–H groups in total. The number of hydrogen-bond donors (Lipinski definition) is 0. The third-order valence-electron chi connectivity index (χ3n) is 2.77. The van der Waals surface area contributed by atoms with Crippen LogP contribution in [0.5, 0.6) is 0 Å². The lowest BCUT2D eigenvalue weighted by molar-refractivity contribution is 0.112. The maximum absolute atomic E-state index is 10.7. The number of carbonyl (C=O) groups excluding carboxylic acids is 1. The van der Waals surface area contributed by atoms with Crippen LogP contribution in [0.25, 0.3) is 0 Å². The molecule has 1 fully saturated rings. The number of rotatable bonds is 5. The Balaban J connectivity index is 1.63. The summed E-state index contributed by atoms with van der Waals surface area (Å²) in [5, 5.41) is 3.96. The first-order chi connectivity index (χ1) is 8.85. The minimum Gasteiger partial charge on any atom is -0.339 e. The zero-order chi connectivity index (χ0) is 12.4. The van der Waals surface area contributed by atoms with Crippen LogP contribution in [-0.2, 0) is 5.75 Å². The lowest BCUT2D eigenvalue weighted by Gasteiger charge is -1.98. The van der Waals surface area contributed by atoms with Gasteiger partial charge in [0, 0.05) is 16.4 Å². The lowest BCUT2D eigenvalue weighted by Crippen LogP contribution is -1.86. The Morgan fingerprint density at radius 1 is 1.44 bits per heavy atom. The number of carbonyl (C=O) groups is 1. The molecule has 0 saturated heterocycles. The summed E-state index contributed by atoms with van der Waals surface area (Å²) < 4.78 is 5.19. The van der Waals surface area contributed by atoms with Gasteiger partial charge >= 0.3 is 0 Å². The number of benzene rings is 1. The molecule has 2 aromatic rings. The Kier molecular flexibility index (Phi) is 3.15. The van der Waals surface area contributed by atoms with Crippen molar-refractivity contribution in [1.82, 2.24) is 10.1 Å². The van der Waals surface area contributed by atoms with Crippen molar-refractivity contribution in [3.63, 3.8) is 0 Å². The van der Waals surface area contributed by atoms with E-state index in [-0.39, 0.29) is 0 Å². The molecule has 1 aromatic heterocycles. The first kappa shape index (κ1) is 11.5. The van der Waals surface area contributed by atoms with Crippen LogP contribution in [-0.4, -0.2) is 16.4 Å². The Bertz CT molecular complexity index is 564. The zero-order valence-electron chi connectivity index (χ0n) is 9.70. The van der Waals surface area contributed by atoms with Crippen molar-refractivity contribution in [3.05, 3.63) is 41.5 Å². The molecule has 5 heteroatoms. The first-order valence-electron chi connectivity index (χ1n) is 5.85. The second-order valence-corrected chi connectivity index (χ2v) is 5.35. The largest absolute Gasteiger partial charge is 0.339 e. The summed E-state index contributed by atoms with van der Waals surface area (Å²) in [7, 11) is 0. The van der Waals surface area contributed by atoms with E-state index >= 15 is 0 Å². The monoisotopic (exact) mass is 260 g/mol. The minimum absolute atomic E-state index is 0.495. The Morgan fingerprint density at radius 3 is 3.11 bits per heavy atom. The molecule has 0 spiro atoms. The van der Waals surface area contributed by atoms with Crippen LogP contribution in [0.2, 0.25) is 0 Å². The molecule has 0 radical (unpaired) electrons. The Labute approximate surface area is 109 Å². The van der Waals surface area contributed by atoms with Gasteiger partial charge in [0.15, 0.2) is 5.82 Å². The van der Waals surface area contributed by atoms with Crippen molar-refractivity contribution in [2.75, 3.05) is 0 Å². The van der Waals surface area contributed by atoms with Crippen molar-refractivity contribution >= 4 is 18.0 Å². The van der Waals surface area contributed by atoms with Crippen molar-refractivity contribution in [3.8, 4) is 0 Å². The van der Waals surface area contributed by atoms with Gasteiger partial charge in [-0.15, -0.1) is 11.8 Å².